The molecule has 14 heavy (non-hydrogen) atoms. The summed E-state index contributed by atoms with van der Waals surface area (Å²) in [6.07, 6.45) is 8.34. The van der Waals surface area contributed by atoms with Gasteiger partial charge in [0, 0.05) is 6.42 Å². The molecule has 74 valence electrons. The van der Waals surface area contributed by atoms with E-state index in [0.717, 1.165) is 19.3 Å². The Kier molecular flexibility index (Phi) is 3.77. The summed E-state index contributed by atoms with van der Waals surface area (Å²) in [7, 11) is 0. The Labute approximate surface area is 87.4 Å². The van der Waals surface area contributed by atoms with Crippen molar-refractivity contribution in [2.24, 2.45) is 0 Å². The van der Waals surface area contributed by atoms with Crippen LogP contribution in [0.4, 0.5) is 0 Å². The maximum Gasteiger partial charge on any atom is 0.00892 e. The van der Waals surface area contributed by atoms with Crippen LogP contribution >= 0.6 is 0 Å². The Balaban J connectivity index is 2.81. The first-order valence-corrected chi connectivity index (χ1v) is 5.15. The van der Waals surface area contributed by atoms with Crippen LogP contribution in [0.5, 0.6) is 0 Å². The molecule has 0 nitrogen and oxygen atoms in total. The molecule has 0 aromatic heterocycles. The lowest BCUT2D eigenvalue weighted by atomic mass is 9.96. The molecule has 1 aromatic rings. The molecule has 0 saturated heterocycles. The van der Waals surface area contributed by atoms with Crippen LogP contribution < -0.4 is 0 Å². The smallest absolute Gasteiger partial charge is 0.00892 e. The summed E-state index contributed by atoms with van der Waals surface area (Å²) in [4.78, 5) is 0. The van der Waals surface area contributed by atoms with Gasteiger partial charge in [-0.05, 0) is 50.3 Å². The number of terminal acetylenes is 1. The average Bonchev–Trinajstić information content (AvgIpc) is 2.09. The van der Waals surface area contributed by atoms with Crippen LogP contribution in [-0.4, -0.2) is 0 Å². The van der Waals surface area contributed by atoms with Crippen molar-refractivity contribution in [1.82, 2.24) is 0 Å². The Morgan fingerprint density at radius 3 is 2.21 bits per heavy atom. The zero-order valence-corrected chi connectivity index (χ0v) is 9.35. The number of hydrogen-bond acceptors (Lipinski definition) is 0. The molecule has 0 aliphatic rings. The lowest BCUT2D eigenvalue weighted by Gasteiger charge is -2.10. The summed E-state index contributed by atoms with van der Waals surface area (Å²) in [5.74, 6) is 2.69. The van der Waals surface area contributed by atoms with Gasteiger partial charge in [0.05, 0.1) is 0 Å². The molecule has 0 N–H and O–H groups in total. The van der Waals surface area contributed by atoms with Crippen molar-refractivity contribution in [3.8, 4) is 12.3 Å². The molecule has 0 heteroatoms. The van der Waals surface area contributed by atoms with Crippen molar-refractivity contribution < 1.29 is 0 Å². The van der Waals surface area contributed by atoms with E-state index in [1.54, 1.807) is 0 Å². The topological polar surface area (TPSA) is 0 Å². The van der Waals surface area contributed by atoms with Crippen molar-refractivity contribution in [2.75, 3.05) is 0 Å². The van der Waals surface area contributed by atoms with E-state index in [1.807, 2.05) is 0 Å². The third-order valence-electron chi connectivity index (χ3n) is 2.59. The number of rotatable bonds is 3. The third-order valence-corrected chi connectivity index (χ3v) is 2.59. The van der Waals surface area contributed by atoms with Crippen LogP contribution in [0.3, 0.4) is 0 Å². The van der Waals surface area contributed by atoms with Gasteiger partial charge < -0.3 is 0 Å². The summed E-state index contributed by atoms with van der Waals surface area (Å²) in [5, 5.41) is 0. The number of hydrogen-bond donors (Lipinski definition) is 0. The Morgan fingerprint density at radius 1 is 1.14 bits per heavy atom. The predicted octanol–water partition coefficient (Wildman–Crippen LogP) is 3.57. The minimum atomic E-state index is 0.882. The molecule has 0 heterocycles. The highest BCUT2D eigenvalue weighted by Gasteiger charge is 2.02. The fraction of sp³-hybridized carbons (Fsp3) is 0.429. The van der Waals surface area contributed by atoms with Crippen LogP contribution in [0.2, 0.25) is 0 Å². The lowest BCUT2D eigenvalue weighted by molar-refractivity contribution is 0.845. The molecule has 0 saturated carbocycles. The summed E-state index contributed by atoms with van der Waals surface area (Å²) in [6.45, 7) is 6.52. The first-order valence-electron chi connectivity index (χ1n) is 5.15. The zero-order valence-electron chi connectivity index (χ0n) is 9.35. The molecule has 0 fully saturated rings. The van der Waals surface area contributed by atoms with Gasteiger partial charge in [0.25, 0.3) is 0 Å². The van der Waals surface area contributed by atoms with E-state index in [1.165, 1.54) is 22.3 Å². The summed E-state index contributed by atoms with van der Waals surface area (Å²) >= 11 is 0. The van der Waals surface area contributed by atoms with Gasteiger partial charge in [-0.25, -0.2) is 0 Å². The van der Waals surface area contributed by atoms with E-state index >= 15 is 0 Å². The molecule has 0 unspecified atom stereocenters. The first kappa shape index (κ1) is 10.9. The monoisotopic (exact) mass is 186 g/mol. The second kappa shape index (κ2) is 4.86. The van der Waals surface area contributed by atoms with Gasteiger partial charge in [0.15, 0.2) is 0 Å². The fourth-order valence-electron chi connectivity index (χ4n) is 1.97. The highest BCUT2D eigenvalue weighted by Crippen LogP contribution is 2.18. The van der Waals surface area contributed by atoms with E-state index in [-0.39, 0.29) is 0 Å². The second-order valence-corrected chi connectivity index (χ2v) is 3.93. The molecular formula is C14H18. The van der Waals surface area contributed by atoms with Gasteiger partial charge in [0.1, 0.15) is 0 Å². The lowest BCUT2D eigenvalue weighted by Crippen LogP contribution is -1.95. The van der Waals surface area contributed by atoms with Crippen LogP contribution in [0.1, 0.15) is 35.1 Å². The highest BCUT2D eigenvalue weighted by atomic mass is 14.1. The van der Waals surface area contributed by atoms with Crippen LogP contribution in [-0.2, 0) is 6.42 Å². The minimum Gasteiger partial charge on any atom is -0.120 e. The van der Waals surface area contributed by atoms with Crippen molar-refractivity contribution >= 4 is 0 Å². The molecule has 0 aliphatic carbocycles. The van der Waals surface area contributed by atoms with Gasteiger partial charge in [-0.2, -0.15) is 0 Å². The van der Waals surface area contributed by atoms with Gasteiger partial charge in [0.2, 0.25) is 0 Å². The highest BCUT2D eigenvalue weighted by molar-refractivity contribution is 5.37. The van der Waals surface area contributed by atoms with Crippen molar-refractivity contribution in [3.05, 3.63) is 34.4 Å². The normalized spacial score (nSPS) is 9.86. The molecule has 0 radical (unpaired) electrons. The first-order chi connectivity index (χ1) is 6.65. The van der Waals surface area contributed by atoms with E-state index in [0.29, 0.717) is 0 Å². The van der Waals surface area contributed by atoms with Crippen LogP contribution in [0.15, 0.2) is 12.1 Å². The molecule has 1 aromatic carbocycles. The fourth-order valence-corrected chi connectivity index (χ4v) is 1.97. The Morgan fingerprint density at radius 2 is 1.71 bits per heavy atom. The number of benzene rings is 1. The Hall–Kier alpha value is -1.22. The van der Waals surface area contributed by atoms with E-state index in [9.17, 15) is 0 Å². The van der Waals surface area contributed by atoms with E-state index in [4.69, 9.17) is 6.42 Å². The van der Waals surface area contributed by atoms with Gasteiger partial charge in [-0.3, -0.25) is 0 Å². The third kappa shape index (κ3) is 2.64. The minimum absolute atomic E-state index is 0.882. The standard InChI is InChI=1S/C14H18/c1-5-6-7-8-14-12(3)9-11(2)10-13(14)4/h1,9-10H,6-8H2,2-4H3. The van der Waals surface area contributed by atoms with Crippen LogP contribution in [0, 0.1) is 33.1 Å². The predicted molar refractivity (Wildman–Crippen MR) is 62.4 cm³/mol. The van der Waals surface area contributed by atoms with Crippen molar-refractivity contribution in [2.45, 2.75) is 40.0 Å². The molecule has 0 spiro atoms. The molecular weight excluding hydrogens is 168 g/mol. The average molecular weight is 186 g/mol. The van der Waals surface area contributed by atoms with Crippen molar-refractivity contribution in [1.29, 1.82) is 0 Å². The molecule has 0 atom stereocenters. The van der Waals surface area contributed by atoms with Gasteiger partial charge >= 0.3 is 0 Å². The maximum absolute atomic E-state index is 5.24. The molecule has 0 aliphatic heterocycles. The maximum atomic E-state index is 5.24. The molecule has 0 bridgehead atoms. The van der Waals surface area contributed by atoms with Gasteiger partial charge in [-0.15, -0.1) is 12.3 Å². The molecule has 0 amide bonds. The molecule has 1 rings (SSSR count). The largest absolute Gasteiger partial charge is 0.120 e. The van der Waals surface area contributed by atoms with Crippen LogP contribution in [0.25, 0.3) is 0 Å². The zero-order chi connectivity index (χ0) is 10.6. The quantitative estimate of drug-likeness (QED) is 0.500. The van der Waals surface area contributed by atoms with E-state index in [2.05, 4.69) is 38.8 Å². The number of unbranched alkanes of at least 4 members (excludes halogenated alkanes) is 1. The second-order valence-electron chi connectivity index (χ2n) is 3.93. The summed E-state index contributed by atoms with van der Waals surface area (Å²) in [6, 6.07) is 4.50. The SMILES string of the molecule is C#CCCCc1c(C)cc(C)cc1C. The van der Waals surface area contributed by atoms with Crippen molar-refractivity contribution in [3.63, 3.8) is 0 Å². The van der Waals surface area contributed by atoms with Gasteiger partial charge in [-0.1, -0.05) is 17.7 Å². The summed E-state index contributed by atoms with van der Waals surface area (Å²) < 4.78 is 0. The number of aryl methyl sites for hydroxylation is 3. The van der Waals surface area contributed by atoms with E-state index < -0.39 is 0 Å². The summed E-state index contributed by atoms with van der Waals surface area (Å²) in [5.41, 5.74) is 5.63. The Bertz CT molecular complexity index is 330.